The molecule has 2 aromatic heterocycles. The lowest BCUT2D eigenvalue weighted by atomic mass is 10.1. The molecule has 0 bridgehead atoms. The first-order valence-corrected chi connectivity index (χ1v) is 11.2. The van der Waals surface area contributed by atoms with Crippen LogP contribution in [-0.4, -0.2) is 34.2 Å². The van der Waals surface area contributed by atoms with Gasteiger partial charge in [0, 0.05) is 12.7 Å². The summed E-state index contributed by atoms with van der Waals surface area (Å²) in [5, 5.41) is 2.92. The van der Waals surface area contributed by atoms with Gasteiger partial charge in [-0.2, -0.15) is 0 Å². The number of ether oxygens (including phenoxy) is 2. The number of aromatic nitrogens is 3. The lowest BCUT2D eigenvalue weighted by molar-refractivity contribution is 0.0944. The number of methoxy groups -OCH3 is 1. The number of para-hydroxylation sites is 2. The Labute approximate surface area is 199 Å². The van der Waals surface area contributed by atoms with E-state index in [0.717, 1.165) is 35.3 Å². The minimum absolute atomic E-state index is 0.227. The Balaban J connectivity index is 1.41. The van der Waals surface area contributed by atoms with Crippen molar-refractivity contribution < 1.29 is 14.3 Å². The first kappa shape index (κ1) is 23.0. The van der Waals surface area contributed by atoms with Gasteiger partial charge in [-0.3, -0.25) is 9.78 Å². The van der Waals surface area contributed by atoms with Crippen LogP contribution in [0.25, 0.3) is 11.0 Å². The number of pyridine rings is 1. The molecule has 0 saturated heterocycles. The molecular formula is C27H28N4O3. The first-order valence-electron chi connectivity index (χ1n) is 11.2. The highest BCUT2D eigenvalue weighted by Gasteiger charge is 2.13. The van der Waals surface area contributed by atoms with Crippen LogP contribution in [0.15, 0.2) is 79.5 Å². The van der Waals surface area contributed by atoms with Crippen LogP contribution in [-0.2, 0) is 19.5 Å². The minimum Gasteiger partial charge on any atom is -0.493 e. The molecule has 2 heterocycles. The fourth-order valence-electron chi connectivity index (χ4n) is 3.79. The first-order chi connectivity index (χ1) is 16.7. The van der Waals surface area contributed by atoms with Crippen molar-refractivity contribution in [2.75, 3.05) is 13.7 Å². The van der Waals surface area contributed by atoms with Gasteiger partial charge in [-0.15, -0.1) is 6.58 Å². The molecule has 0 unspecified atom stereocenters. The molecule has 34 heavy (non-hydrogen) atoms. The van der Waals surface area contributed by atoms with Crippen LogP contribution < -0.4 is 14.8 Å². The Bertz CT molecular complexity index is 1270. The average Bonchev–Trinajstić information content (AvgIpc) is 3.23. The van der Waals surface area contributed by atoms with Crippen LogP contribution in [0.1, 0.15) is 28.3 Å². The maximum absolute atomic E-state index is 12.4. The number of carbonyl (C=O) groups is 1. The highest BCUT2D eigenvalue weighted by Crippen LogP contribution is 2.28. The SMILES string of the molecule is C=CCc1ccc(OCCCn2c(CNC(=O)c3ccccn3)nc3ccccc32)c(OC)c1. The fourth-order valence-corrected chi connectivity index (χ4v) is 3.79. The van der Waals surface area contributed by atoms with Crippen molar-refractivity contribution in [2.24, 2.45) is 0 Å². The van der Waals surface area contributed by atoms with Gasteiger partial charge in [0.25, 0.3) is 5.91 Å². The number of allylic oxidation sites excluding steroid dienone is 1. The zero-order chi connectivity index (χ0) is 23.8. The third-order valence-electron chi connectivity index (χ3n) is 5.43. The Morgan fingerprint density at radius 3 is 2.76 bits per heavy atom. The predicted octanol–water partition coefficient (Wildman–Crippen LogP) is 4.57. The molecule has 4 rings (SSSR count). The van der Waals surface area contributed by atoms with Crippen molar-refractivity contribution in [3.8, 4) is 11.5 Å². The molecule has 1 amide bonds. The summed E-state index contributed by atoms with van der Waals surface area (Å²) in [4.78, 5) is 21.3. The normalized spacial score (nSPS) is 10.7. The molecule has 0 aliphatic heterocycles. The molecule has 2 aromatic carbocycles. The molecule has 0 radical (unpaired) electrons. The van der Waals surface area contributed by atoms with Crippen molar-refractivity contribution in [3.05, 3.63) is 96.6 Å². The molecule has 0 aliphatic carbocycles. The number of hydrogen-bond acceptors (Lipinski definition) is 5. The molecule has 0 saturated carbocycles. The number of hydrogen-bond donors (Lipinski definition) is 1. The second kappa shape index (κ2) is 11.1. The minimum atomic E-state index is -0.227. The lowest BCUT2D eigenvalue weighted by Crippen LogP contribution is -2.25. The van der Waals surface area contributed by atoms with Gasteiger partial charge in [0.05, 0.1) is 31.3 Å². The molecule has 0 fully saturated rings. The zero-order valence-corrected chi connectivity index (χ0v) is 19.2. The topological polar surface area (TPSA) is 78.3 Å². The standard InChI is InChI=1S/C27H28N4O3/c1-3-9-20-13-14-24(25(18-20)33-2)34-17-8-16-31-23-12-5-4-10-21(23)30-26(31)19-29-27(32)22-11-6-7-15-28-22/h3-7,10-15,18H,1,8-9,16-17,19H2,2H3,(H,29,32). The van der Waals surface area contributed by atoms with Crippen LogP contribution >= 0.6 is 0 Å². The Morgan fingerprint density at radius 2 is 1.97 bits per heavy atom. The van der Waals surface area contributed by atoms with E-state index in [1.807, 2.05) is 48.5 Å². The van der Waals surface area contributed by atoms with E-state index in [2.05, 4.69) is 21.4 Å². The zero-order valence-electron chi connectivity index (χ0n) is 19.2. The molecule has 0 spiro atoms. The number of carbonyl (C=O) groups excluding carboxylic acids is 1. The second-order valence-electron chi connectivity index (χ2n) is 7.75. The summed E-state index contributed by atoms with van der Waals surface area (Å²) in [6, 6.07) is 19.1. The Kier molecular flexibility index (Phi) is 7.55. The maximum atomic E-state index is 12.4. The summed E-state index contributed by atoms with van der Waals surface area (Å²) in [5.74, 6) is 1.99. The van der Waals surface area contributed by atoms with Gasteiger partial charge < -0.3 is 19.4 Å². The van der Waals surface area contributed by atoms with Gasteiger partial charge in [-0.1, -0.05) is 30.3 Å². The summed E-state index contributed by atoms with van der Waals surface area (Å²) in [5.41, 5.74) is 3.43. The largest absolute Gasteiger partial charge is 0.493 e. The smallest absolute Gasteiger partial charge is 0.270 e. The van der Waals surface area contributed by atoms with E-state index in [1.165, 1.54) is 0 Å². The lowest BCUT2D eigenvalue weighted by Gasteiger charge is -2.13. The van der Waals surface area contributed by atoms with Crippen LogP contribution in [0.5, 0.6) is 11.5 Å². The third-order valence-corrected chi connectivity index (χ3v) is 5.43. The van der Waals surface area contributed by atoms with Gasteiger partial charge in [0.15, 0.2) is 11.5 Å². The van der Waals surface area contributed by atoms with E-state index in [-0.39, 0.29) is 5.91 Å². The van der Waals surface area contributed by atoms with Crippen molar-refractivity contribution in [1.29, 1.82) is 0 Å². The van der Waals surface area contributed by atoms with Gasteiger partial charge in [-0.25, -0.2) is 4.98 Å². The monoisotopic (exact) mass is 456 g/mol. The number of aryl methyl sites for hydroxylation is 1. The van der Waals surface area contributed by atoms with E-state index in [9.17, 15) is 4.79 Å². The second-order valence-corrected chi connectivity index (χ2v) is 7.75. The molecule has 4 aromatic rings. The van der Waals surface area contributed by atoms with Crippen molar-refractivity contribution in [3.63, 3.8) is 0 Å². The molecule has 174 valence electrons. The highest BCUT2D eigenvalue weighted by molar-refractivity contribution is 5.92. The van der Waals surface area contributed by atoms with E-state index in [1.54, 1.807) is 31.5 Å². The van der Waals surface area contributed by atoms with Crippen molar-refractivity contribution in [1.82, 2.24) is 19.9 Å². The van der Waals surface area contributed by atoms with E-state index in [0.29, 0.717) is 36.9 Å². The van der Waals surface area contributed by atoms with E-state index >= 15 is 0 Å². The summed E-state index contributed by atoms with van der Waals surface area (Å²) in [6.45, 7) is 5.31. The number of nitrogens with zero attached hydrogens (tertiary/aromatic N) is 3. The van der Waals surface area contributed by atoms with Crippen LogP contribution in [0, 0.1) is 0 Å². The van der Waals surface area contributed by atoms with Crippen molar-refractivity contribution in [2.45, 2.75) is 25.9 Å². The van der Waals surface area contributed by atoms with E-state index < -0.39 is 0 Å². The van der Waals surface area contributed by atoms with Gasteiger partial charge in [0.2, 0.25) is 0 Å². The average molecular weight is 457 g/mol. The summed E-state index contributed by atoms with van der Waals surface area (Å²) >= 11 is 0. The van der Waals surface area contributed by atoms with Crippen molar-refractivity contribution >= 4 is 16.9 Å². The molecule has 7 heteroatoms. The number of rotatable bonds is 11. The summed E-state index contributed by atoms with van der Waals surface area (Å²) in [6.07, 6.45) is 5.01. The number of benzene rings is 2. The molecule has 0 atom stereocenters. The number of amides is 1. The number of nitrogens with one attached hydrogen (secondary N) is 1. The Hall–Kier alpha value is -4.13. The fraction of sp³-hybridized carbons (Fsp3) is 0.222. The van der Waals surface area contributed by atoms with E-state index in [4.69, 9.17) is 14.5 Å². The van der Waals surface area contributed by atoms with Gasteiger partial charge >= 0.3 is 0 Å². The number of imidazole rings is 1. The predicted molar refractivity (Wildman–Crippen MR) is 132 cm³/mol. The highest BCUT2D eigenvalue weighted by atomic mass is 16.5. The third kappa shape index (κ3) is 5.43. The molecule has 1 N–H and O–H groups in total. The molecule has 7 nitrogen and oxygen atoms in total. The maximum Gasteiger partial charge on any atom is 0.270 e. The van der Waals surface area contributed by atoms with Crippen LogP contribution in [0.3, 0.4) is 0 Å². The molecule has 0 aliphatic rings. The van der Waals surface area contributed by atoms with Gasteiger partial charge in [0.1, 0.15) is 11.5 Å². The quantitative estimate of drug-likeness (QED) is 0.264. The summed E-state index contributed by atoms with van der Waals surface area (Å²) < 4.78 is 13.6. The van der Waals surface area contributed by atoms with Crippen LogP contribution in [0.4, 0.5) is 0 Å². The Morgan fingerprint density at radius 1 is 1.12 bits per heavy atom. The molecular weight excluding hydrogens is 428 g/mol. The van der Waals surface area contributed by atoms with Gasteiger partial charge in [-0.05, 0) is 54.8 Å². The van der Waals surface area contributed by atoms with Crippen LogP contribution in [0.2, 0.25) is 0 Å². The number of fused-ring (bicyclic) bond motifs is 1. The summed E-state index contributed by atoms with van der Waals surface area (Å²) in [7, 11) is 1.64.